The van der Waals surface area contributed by atoms with Crippen LogP contribution in [0.1, 0.15) is 5.69 Å². The summed E-state index contributed by atoms with van der Waals surface area (Å²) in [5, 5.41) is 8.72. The molecule has 122 valence electrons. The van der Waals surface area contributed by atoms with Crippen LogP contribution in [0, 0.1) is 6.92 Å². The third-order valence-electron chi connectivity index (χ3n) is 3.94. The molecule has 0 aliphatic heterocycles. The normalized spacial score (nSPS) is 11.4. The summed E-state index contributed by atoms with van der Waals surface area (Å²) in [5.41, 5.74) is 4.92. The minimum atomic E-state index is 0.804. The van der Waals surface area contributed by atoms with Gasteiger partial charge in [-0.15, -0.1) is 5.10 Å². The Labute approximate surface area is 147 Å². The van der Waals surface area contributed by atoms with Crippen molar-refractivity contribution in [3.05, 3.63) is 66.7 Å². The molecule has 0 aliphatic carbocycles. The van der Waals surface area contributed by atoms with Crippen LogP contribution >= 0.6 is 11.3 Å². The number of hydrogen-bond acceptors (Lipinski definition) is 5. The van der Waals surface area contributed by atoms with E-state index in [9.17, 15) is 0 Å². The summed E-state index contributed by atoms with van der Waals surface area (Å²) in [4.78, 5) is 9.96. The Morgan fingerprint density at radius 3 is 2.68 bits per heavy atom. The first-order valence-corrected chi connectivity index (χ1v) is 8.70. The number of aromatic nitrogens is 5. The van der Waals surface area contributed by atoms with E-state index in [2.05, 4.69) is 20.4 Å². The molecule has 1 aromatic carbocycles. The maximum Gasteiger partial charge on any atom is 0.214 e. The zero-order chi connectivity index (χ0) is 16.8. The van der Waals surface area contributed by atoms with E-state index in [1.807, 2.05) is 76.9 Å². The van der Waals surface area contributed by atoms with Crippen LogP contribution in [0.3, 0.4) is 0 Å². The molecule has 25 heavy (non-hydrogen) atoms. The summed E-state index contributed by atoms with van der Waals surface area (Å²) in [6.45, 7) is 1.99. The Morgan fingerprint density at radius 2 is 1.84 bits per heavy atom. The zero-order valence-corrected chi connectivity index (χ0v) is 14.2. The summed E-state index contributed by atoms with van der Waals surface area (Å²) in [7, 11) is 0. The van der Waals surface area contributed by atoms with Crippen molar-refractivity contribution in [2.24, 2.45) is 0 Å². The molecular weight excluding hydrogens is 332 g/mol. The van der Waals surface area contributed by atoms with Crippen LogP contribution in [-0.2, 0) is 0 Å². The Kier molecular flexibility index (Phi) is 3.07. The molecule has 0 unspecified atom stereocenters. The SMILES string of the molecule is Cc1cn2cc(Nc3nn4cc(-c5ccccc5)nc4s3)ccc2n1. The molecule has 6 nitrogen and oxygen atoms in total. The van der Waals surface area contributed by atoms with Crippen LogP contribution in [0.2, 0.25) is 0 Å². The van der Waals surface area contributed by atoms with Gasteiger partial charge in [-0.25, -0.2) is 14.5 Å². The van der Waals surface area contributed by atoms with Gasteiger partial charge < -0.3 is 9.72 Å². The predicted molar refractivity (Wildman–Crippen MR) is 99.5 cm³/mol. The predicted octanol–water partition coefficient (Wildman–Crippen LogP) is 4.16. The summed E-state index contributed by atoms with van der Waals surface area (Å²) in [5.74, 6) is 0. The molecule has 0 fully saturated rings. The third kappa shape index (κ3) is 2.54. The average Bonchev–Trinajstić information content (AvgIpc) is 3.27. The molecule has 0 amide bonds. The highest BCUT2D eigenvalue weighted by molar-refractivity contribution is 7.20. The fourth-order valence-electron chi connectivity index (χ4n) is 2.81. The number of fused-ring (bicyclic) bond motifs is 2. The second-order valence-electron chi connectivity index (χ2n) is 5.82. The van der Waals surface area contributed by atoms with Crippen LogP contribution in [-0.4, -0.2) is 24.0 Å². The van der Waals surface area contributed by atoms with E-state index >= 15 is 0 Å². The molecule has 4 aromatic heterocycles. The number of anilines is 2. The van der Waals surface area contributed by atoms with Crippen molar-refractivity contribution >= 4 is 32.8 Å². The van der Waals surface area contributed by atoms with E-state index in [1.165, 1.54) is 11.3 Å². The van der Waals surface area contributed by atoms with Crippen LogP contribution in [0.25, 0.3) is 21.9 Å². The number of rotatable bonds is 3. The molecule has 0 saturated carbocycles. The van der Waals surface area contributed by atoms with Crippen molar-refractivity contribution in [3.8, 4) is 11.3 Å². The number of pyridine rings is 1. The van der Waals surface area contributed by atoms with Gasteiger partial charge in [0.15, 0.2) is 0 Å². The fraction of sp³-hybridized carbons (Fsp3) is 0.0556. The molecule has 7 heteroatoms. The van der Waals surface area contributed by atoms with Crippen molar-refractivity contribution in [1.82, 2.24) is 24.0 Å². The van der Waals surface area contributed by atoms with Gasteiger partial charge in [-0.2, -0.15) is 0 Å². The Bertz CT molecular complexity index is 1150. The van der Waals surface area contributed by atoms with Gasteiger partial charge in [0.2, 0.25) is 10.1 Å². The highest BCUT2D eigenvalue weighted by atomic mass is 32.1. The lowest BCUT2D eigenvalue weighted by Gasteiger charge is -2.02. The molecule has 0 saturated heterocycles. The first kappa shape index (κ1) is 14.2. The molecule has 4 heterocycles. The Morgan fingerprint density at radius 1 is 0.960 bits per heavy atom. The number of nitrogens with one attached hydrogen (secondary N) is 1. The largest absolute Gasteiger partial charge is 0.329 e. The van der Waals surface area contributed by atoms with Crippen LogP contribution in [0.4, 0.5) is 10.8 Å². The smallest absolute Gasteiger partial charge is 0.214 e. The summed E-state index contributed by atoms with van der Waals surface area (Å²) in [6.07, 6.45) is 5.96. The molecule has 1 N–H and O–H groups in total. The molecule has 0 spiro atoms. The third-order valence-corrected chi connectivity index (χ3v) is 4.77. The number of imidazole rings is 2. The average molecular weight is 346 g/mol. The topological polar surface area (TPSA) is 59.5 Å². The Balaban J connectivity index is 1.45. The maximum atomic E-state index is 4.66. The molecule has 0 aliphatic rings. The lowest BCUT2D eigenvalue weighted by molar-refractivity contribution is 0.977. The first-order valence-electron chi connectivity index (χ1n) is 7.89. The van der Waals surface area contributed by atoms with Gasteiger partial charge in [0, 0.05) is 18.0 Å². The van der Waals surface area contributed by atoms with Gasteiger partial charge >= 0.3 is 0 Å². The summed E-state index contributed by atoms with van der Waals surface area (Å²) in [6, 6.07) is 14.1. The van der Waals surface area contributed by atoms with Crippen molar-refractivity contribution in [1.29, 1.82) is 0 Å². The highest BCUT2D eigenvalue weighted by Crippen LogP contribution is 2.26. The summed E-state index contributed by atoms with van der Waals surface area (Å²) < 4.78 is 3.82. The minimum absolute atomic E-state index is 0.804. The molecular formula is C18H14N6S. The fourth-order valence-corrected chi connectivity index (χ4v) is 3.62. The Hall–Kier alpha value is -3.19. The van der Waals surface area contributed by atoms with Crippen molar-refractivity contribution in [2.75, 3.05) is 5.32 Å². The van der Waals surface area contributed by atoms with E-state index < -0.39 is 0 Å². The monoisotopic (exact) mass is 346 g/mol. The van der Waals surface area contributed by atoms with E-state index in [0.29, 0.717) is 0 Å². The minimum Gasteiger partial charge on any atom is -0.329 e. The highest BCUT2D eigenvalue weighted by Gasteiger charge is 2.10. The van der Waals surface area contributed by atoms with Crippen molar-refractivity contribution in [3.63, 3.8) is 0 Å². The van der Waals surface area contributed by atoms with E-state index in [0.717, 1.165) is 38.4 Å². The van der Waals surface area contributed by atoms with Crippen LogP contribution in [0.15, 0.2) is 61.1 Å². The molecule has 0 atom stereocenters. The maximum absolute atomic E-state index is 4.66. The van der Waals surface area contributed by atoms with Gasteiger partial charge in [0.1, 0.15) is 5.65 Å². The molecule has 5 rings (SSSR count). The number of aryl methyl sites for hydroxylation is 1. The van der Waals surface area contributed by atoms with E-state index in [-0.39, 0.29) is 0 Å². The second-order valence-corrected chi connectivity index (χ2v) is 6.77. The van der Waals surface area contributed by atoms with E-state index in [1.54, 1.807) is 0 Å². The van der Waals surface area contributed by atoms with Gasteiger partial charge in [0.25, 0.3) is 0 Å². The van der Waals surface area contributed by atoms with E-state index in [4.69, 9.17) is 0 Å². The van der Waals surface area contributed by atoms with Crippen molar-refractivity contribution < 1.29 is 0 Å². The lowest BCUT2D eigenvalue weighted by atomic mass is 10.2. The van der Waals surface area contributed by atoms with Gasteiger partial charge in [-0.1, -0.05) is 41.7 Å². The standard InChI is InChI=1S/C18H14N6S/c1-12-9-23-10-14(7-8-16(23)19-12)20-17-22-24-11-15(21-18(24)25-17)13-5-3-2-4-6-13/h2-11H,1H3,(H,20,22). The molecule has 0 radical (unpaired) electrons. The van der Waals surface area contributed by atoms with Gasteiger partial charge in [-0.05, 0) is 19.1 Å². The quantitative estimate of drug-likeness (QED) is 0.533. The van der Waals surface area contributed by atoms with Gasteiger partial charge in [0.05, 0.1) is 23.3 Å². The number of hydrogen-bond donors (Lipinski definition) is 1. The second kappa shape index (κ2) is 5.42. The van der Waals surface area contributed by atoms with Gasteiger partial charge in [-0.3, -0.25) is 0 Å². The van der Waals surface area contributed by atoms with Crippen LogP contribution < -0.4 is 5.32 Å². The van der Waals surface area contributed by atoms with Crippen LogP contribution in [0.5, 0.6) is 0 Å². The van der Waals surface area contributed by atoms with Crippen molar-refractivity contribution in [2.45, 2.75) is 6.92 Å². The first-order chi connectivity index (χ1) is 12.2. The molecule has 5 aromatic rings. The molecule has 0 bridgehead atoms. The number of benzene rings is 1. The zero-order valence-electron chi connectivity index (χ0n) is 13.4. The number of nitrogens with zero attached hydrogens (tertiary/aromatic N) is 5. The lowest BCUT2D eigenvalue weighted by Crippen LogP contribution is -1.93. The summed E-state index contributed by atoms with van der Waals surface area (Å²) >= 11 is 1.52.